The molecule has 92 valence electrons. The molecular formula is C12H15NO3S. The topological polar surface area (TPSA) is 57.6 Å². The fourth-order valence-corrected chi connectivity index (χ4v) is 3.03. The zero-order valence-corrected chi connectivity index (χ0v) is 10.7. The van der Waals surface area contributed by atoms with E-state index in [1.54, 1.807) is 11.3 Å². The van der Waals surface area contributed by atoms with Crippen LogP contribution < -0.4 is 0 Å². The van der Waals surface area contributed by atoms with Gasteiger partial charge in [0.05, 0.1) is 0 Å². The van der Waals surface area contributed by atoms with Crippen LogP contribution in [-0.4, -0.2) is 28.4 Å². The van der Waals surface area contributed by atoms with Gasteiger partial charge in [0.2, 0.25) is 6.41 Å². The Morgan fingerprint density at radius 1 is 1.59 bits per heavy atom. The van der Waals surface area contributed by atoms with E-state index in [1.165, 1.54) is 4.90 Å². The van der Waals surface area contributed by atoms with Gasteiger partial charge in [-0.2, -0.15) is 0 Å². The number of rotatable bonds is 5. The van der Waals surface area contributed by atoms with Gasteiger partial charge in [0.15, 0.2) is 6.04 Å². The fourth-order valence-electron chi connectivity index (χ4n) is 2.07. The summed E-state index contributed by atoms with van der Waals surface area (Å²) in [4.78, 5) is 26.0. The number of thiophene rings is 1. The van der Waals surface area contributed by atoms with Crippen molar-refractivity contribution in [3.63, 3.8) is 0 Å². The number of carboxylic acid groups (broad SMARTS) is 1. The zero-order valence-electron chi connectivity index (χ0n) is 9.84. The number of nitrogens with zero attached hydrogens (tertiary/aromatic N) is 1. The molecule has 2 rings (SSSR count). The molecule has 1 unspecified atom stereocenters. The highest BCUT2D eigenvalue weighted by molar-refractivity contribution is 7.12. The van der Waals surface area contributed by atoms with Gasteiger partial charge in [-0.1, -0.05) is 0 Å². The molecule has 1 aliphatic carbocycles. The third-order valence-corrected chi connectivity index (χ3v) is 3.98. The maximum absolute atomic E-state index is 11.4. The van der Waals surface area contributed by atoms with E-state index in [1.807, 2.05) is 19.9 Å². The molecule has 1 aromatic rings. The number of carbonyl (C=O) groups excluding carboxylic acids is 1. The molecule has 5 heteroatoms. The van der Waals surface area contributed by atoms with Crippen molar-refractivity contribution in [2.45, 2.75) is 38.8 Å². The second-order valence-corrected chi connectivity index (χ2v) is 5.85. The molecule has 0 radical (unpaired) electrons. The number of aliphatic carboxylic acids is 1. The van der Waals surface area contributed by atoms with E-state index >= 15 is 0 Å². The van der Waals surface area contributed by atoms with Gasteiger partial charge in [-0.3, -0.25) is 4.79 Å². The molecule has 4 nitrogen and oxygen atoms in total. The minimum absolute atomic E-state index is 0.105. The predicted octanol–water partition coefficient (Wildman–Crippen LogP) is 2.11. The Kier molecular flexibility index (Phi) is 3.19. The molecule has 1 aromatic heterocycles. The summed E-state index contributed by atoms with van der Waals surface area (Å²) in [5.74, 6) is -0.954. The standard InChI is InChI=1S/C12H15NO3S/c1-7-5-10(8(2)17-7)11(12(15)16)13(6-14)9-3-4-9/h5-6,9,11H,3-4H2,1-2H3,(H,15,16). The lowest BCUT2D eigenvalue weighted by Gasteiger charge is -2.24. The molecule has 1 amide bonds. The third-order valence-electron chi connectivity index (χ3n) is 3.00. The molecule has 0 saturated heterocycles. The summed E-state index contributed by atoms with van der Waals surface area (Å²) in [6.07, 6.45) is 2.48. The van der Waals surface area contributed by atoms with Crippen LogP contribution in [0, 0.1) is 13.8 Å². The second-order valence-electron chi connectivity index (χ2n) is 4.39. The maximum atomic E-state index is 11.4. The van der Waals surface area contributed by atoms with E-state index in [-0.39, 0.29) is 6.04 Å². The lowest BCUT2D eigenvalue weighted by atomic mass is 10.1. The number of hydrogen-bond donors (Lipinski definition) is 1. The summed E-state index contributed by atoms with van der Waals surface area (Å²) < 4.78 is 0. The van der Waals surface area contributed by atoms with Gasteiger partial charge in [-0.25, -0.2) is 4.79 Å². The van der Waals surface area contributed by atoms with Crippen LogP contribution >= 0.6 is 11.3 Å². The van der Waals surface area contributed by atoms with Crippen LogP contribution in [0.4, 0.5) is 0 Å². The summed E-state index contributed by atoms with van der Waals surface area (Å²) >= 11 is 1.57. The van der Waals surface area contributed by atoms with Crippen LogP contribution in [0.2, 0.25) is 0 Å². The number of aryl methyl sites for hydroxylation is 2. The van der Waals surface area contributed by atoms with Crippen LogP contribution in [0.5, 0.6) is 0 Å². The third kappa shape index (κ3) is 2.34. The van der Waals surface area contributed by atoms with Crippen molar-refractivity contribution in [3.8, 4) is 0 Å². The molecule has 1 saturated carbocycles. The number of hydrogen-bond acceptors (Lipinski definition) is 3. The van der Waals surface area contributed by atoms with Gasteiger partial charge in [0, 0.05) is 15.8 Å². The molecular weight excluding hydrogens is 238 g/mol. The summed E-state index contributed by atoms with van der Waals surface area (Å²) in [5.41, 5.74) is 0.749. The zero-order chi connectivity index (χ0) is 12.6. The lowest BCUT2D eigenvalue weighted by Crippen LogP contribution is -2.34. The molecule has 0 spiro atoms. The quantitative estimate of drug-likeness (QED) is 0.818. The number of carboxylic acids is 1. The first-order valence-electron chi connectivity index (χ1n) is 5.57. The van der Waals surface area contributed by atoms with E-state index in [2.05, 4.69) is 0 Å². The van der Waals surface area contributed by atoms with Gasteiger partial charge >= 0.3 is 5.97 Å². The van der Waals surface area contributed by atoms with Crippen LogP contribution in [0.1, 0.15) is 34.2 Å². The largest absolute Gasteiger partial charge is 0.479 e. The highest BCUT2D eigenvalue weighted by Gasteiger charge is 2.38. The lowest BCUT2D eigenvalue weighted by molar-refractivity contribution is -0.147. The smallest absolute Gasteiger partial charge is 0.331 e. The molecule has 0 aliphatic heterocycles. The Morgan fingerprint density at radius 3 is 2.59 bits per heavy atom. The van der Waals surface area contributed by atoms with E-state index in [9.17, 15) is 14.7 Å². The Hall–Kier alpha value is -1.36. The normalized spacial score (nSPS) is 16.6. The summed E-state index contributed by atoms with van der Waals surface area (Å²) in [6.45, 7) is 3.85. The predicted molar refractivity (Wildman–Crippen MR) is 65.1 cm³/mol. The minimum Gasteiger partial charge on any atom is -0.479 e. The number of amides is 1. The molecule has 0 aromatic carbocycles. The molecule has 1 atom stereocenters. The Balaban J connectivity index is 2.37. The molecule has 17 heavy (non-hydrogen) atoms. The van der Waals surface area contributed by atoms with Crippen molar-refractivity contribution in [2.24, 2.45) is 0 Å². The van der Waals surface area contributed by atoms with Crippen molar-refractivity contribution >= 4 is 23.7 Å². The van der Waals surface area contributed by atoms with Crippen LogP contribution in [-0.2, 0) is 9.59 Å². The average Bonchev–Trinajstić information content (AvgIpc) is 3.01. The van der Waals surface area contributed by atoms with E-state index in [0.717, 1.165) is 28.2 Å². The van der Waals surface area contributed by atoms with E-state index < -0.39 is 12.0 Å². The van der Waals surface area contributed by atoms with Gasteiger partial charge in [0.25, 0.3) is 0 Å². The first kappa shape index (κ1) is 12.1. The van der Waals surface area contributed by atoms with Crippen molar-refractivity contribution in [3.05, 3.63) is 21.4 Å². The van der Waals surface area contributed by atoms with Crippen molar-refractivity contribution in [1.82, 2.24) is 4.90 Å². The highest BCUT2D eigenvalue weighted by atomic mass is 32.1. The summed E-state index contributed by atoms with van der Waals surface area (Å²) in [6, 6.07) is 1.15. The van der Waals surface area contributed by atoms with E-state index in [0.29, 0.717) is 6.41 Å². The Morgan fingerprint density at radius 2 is 2.24 bits per heavy atom. The first-order chi connectivity index (χ1) is 8.04. The second kappa shape index (κ2) is 4.49. The van der Waals surface area contributed by atoms with Crippen molar-refractivity contribution in [2.75, 3.05) is 0 Å². The van der Waals surface area contributed by atoms with Gasteiger partial charge in [0.1, 0.15) is 0 Å². The van der Waals surface area contributed by atoms with Crippen LogP contribution in [0.25, 0.3) is 0 Å². The SMILES string of the molecule is Cc1cc(C(C(=O)O)N(C=O)C2CC2)c(C)s1. The van der Waals surface area contributed by atoms with Crippen LogP contribution in [0.15, 0.2) is 6.07 Å². The number of carbonyl (C=O) groups is 2. The first-order valence-corrected chi connectivity index (χ1v) is 6.38. The minimum atomic E-state index is -0.954. The van der Waals surface area contributed by atoms with Crippen molar-refractivity contribution < 1.29 is 14.7 Å². The Bertz CT molecular complexity index is 451. The molecule has 1 heterocycles. The maximum Gasteiger partial charge on any atom is 0.331 e. The molecule has 1 N–H and O–H groups in total. The highest BCUT2D eigenvalue weighted by Crippen LogP contribution is 2.36. The molecule has 1 aliphatic rings. The van der Waals surface area contributed by atoms with Gasteiger partial charge in [-0.15, -0.1) is 11.3 Å². The molecule has 0 bridgehead atoms. The fraction of sp³-hybridized carbons (Fsp3) is 0.500. The van der Waals surface area contributed by atoms with Gasteiger partial charge < -0.3 is 10.0 Å². The summed E-state index contributed by atoms with van der Waals surface area (Å²) in [7, 11) is 0. The Labute approximate surface area is 104 Å². The monoisotopic (exact) mass is 253 g/mol. The average molecular weight is 253 g/mol. The van der Waals surface area contributed by atoms with E-state index in [4.69, 9.17) is 0 Å². The summed E-state index contributed by atoms with van der Waals surface area (Å²) in [5, 5.41) is 9.34. The van der Waals surface area contributed by atoms with Crippen LogP contribution in [0.3, 0.4) is 0 Å². The van der Waals surface area contributed by atoms with Crippen molar-refractivity contribution in [1.29, 1.82) is 0 Å². The molecule has 1 fully saturated rings. The van der Waals surface area contributed by atoms with Gasteiger partial charge in [-0.05, 0) is 38.3 Å².